The van der Waals surface area contributed by atoms with E-state index < -0.39 is 10.0 Å². The molecular weight excluding hydrogens is 362 g/mol. The summed E-state index contributed by atoms with van der Waals surface area (Å²) in [7, 11) is -3.22. The lowest BCUT2D eigenvalue weighted by Gasteiger charge is -2.30. The van der Waals surface area contributed by atoms with E-state index in [1.54, 1.807) is 6.92 Å². The first-order chi connectivity index (χ1) is 13.0. The predicted octanol–water partition coefficient (Wildman–Crippen LogP) is 1.96. The SMILES string of the molecule is CCS(=O)(=O)N1CCC[C@H](C(=O)NCc2cccc(CN3CCCC3)c2)C1. The first kappa shape index (κ1) is 20.3. The van der Waals surface area contributed by atoms with Gasteiger partial charge in [0.05, 0.1) is 11.7 Å². The molecule has 6 nitrogen and oxygen atoms in total. The highest BCUT2D eigenvalue weighted by atomic mass is 32.2. The van der Waals surface area contributed by atoms with Gasteiger partial charge >= 0.3 is 0 Å². The van der Waals surface area contributed by atoms with Crippen LogP contribution in [0.4, 0.5) is 0 Å². The van der Waals surface area contributed by atoms with E-state index in [9.17, 15) is 13.2 Å². The Bertz CT molecular complexity index is 745. The van der Waals surface area contributed by atoms with Gasteiger partial charge in [-0.15, -0.1) is 0 Å². The smallest absolute Gasteiger partial charge is 0.224 e. The predicted molar refractivity (Wildman–Crippen MR) is 107 cm³/mol. The number of nitrogens with zero attached hydrogens (tertiary/aromatic N) is 2. The molecule has 0 spiro atoms. The van der Waals surface area contributed by atoms with Crippen LogP contribution in [0, 0.1) is 5.92 Å². The zero-order chi connectivity index (χ0) is 19.3. The lowest BCUT2D eigenvalue weighted by Crippen LogP contribution is -2.45. The Morgan fingerprint density at radius 3 is 2.63 bits per heavy atom. The van der Waals surface area contributed by atoms with Crippen molar-refractivity contribution < 1.29 is 13.2 Å². The summed E-state index contributed by atoms with van der Waals surface area (Å²) in [5.41, 5.74) is 2.37. The molecule has 1 amide bonds. The molecule has 2 aliphatic heterocycles. The van der Waals surface area contributed by atoms with E-state index in [0.29, 0.717) is 19.6 Å². The van der Waals surface area contributed by atoms with Gasteiger partial charge in [0.2, 0.25) is 15.9 Å². The summed E-state index contributed by atoms with van der Waals surface area (Å²) >= 11 is 0. The first-order valence-electron chi connectivity index (χ1n) is 10.0. The molecule has 2 saturated heterocycles. The van der Waals surface area contributed by atoms with Crippen molar-refractivity contribution in [1.82, 2.24) is 14.5 Å². The molecule has 0 unspecified atom stereocenters. The quantitative estimate of drug-likeness (QED) is 0.769. The second kappa shape index (κ2) is 9.17. The number of sulfonamides is 1. The molecule has 1 aromatic rings. The van der Waals surface area contributed by atoms with Gasteiger partial charge in [-0.05, 0) is 56.8 Å². The Labute approximate surface area is 163 Å². The molecule has 1 aromatic carbocycles. The number of likely N-dealkylation sites (tertiary alicyclic amines) is 1. The highest BCUT2D eigenvalue weighted by molar-refractivity contribution is 7.89. The molecule has 7 heteroatoms. The van der Waals surface area contributed by atoms with Gasteiger partial charge in [-0.2, -0.15) is 0 Å². The molecule has 0 aliphatic carbocycles. The van der Waals surface area contributed by atoms with Crippen molar-refractivity contribution in [3.8, 4) is 0 Å². The number of hydrogen-bond acceptors (Lipinski definition) is 4. The van der Waals surface area contributed by atoms with Crippen molar-refractivity contribution in [2.75, 3.05) is 31.9 Å². The zero-order valence-electron chi connectivity index (χ0n) is 16.2. The van der Waals surface area contributed by atoms with Crippen molar-refractivity contribution in [1.29, 1.82) is 0 Å². The van der Waals surface area contributed by atoms with Gasteiger partial charge in [-0.3, -0.25) is 9.69 Å². The van der Waals surface area contributed by atoms with E-state index in [0.717, 1.165) is 24.9 Å². The maximum absolute atomic E-state index is 12.6. The number of carbonyl (C=O) groups is 1. The van der Waals surface area contributed by atoms with Crippen molar-refractivity contribution in [3.63, 3.8) is 0 Å². The van der Waals surface area contributed by atoms with E-state index in [-0.39, 0.29) is 17.6 Å². The maximum Gasteiger partial charge on any atom is 0.224 e. The van der Waals surface area contributed by atoms with Crippen LogP contribution in [0.1, 0.15) is 43.7 Å². The average molecular weight is 394 g/mol. The summed E-state index contributed by atoms with van der Waals surface area (Å²) in [6.45, 7) is 6.27. The number of benzene rings is 1. The summed E-state index contributed by atoms with van der Waals surface area (Å²) in [5, 5.41) is 3.01. The van der Waals surface area contributed by atoms with Crippen LogP contribution in [0.15, 0.2) is 24.3 Å². The fourth-order valence-corrected chi connectivity index (χ4v) is 5.14. The minimum Gasteiger partial charge on any atom is -0.352 e. The van der Waals surface area contributed by atoms with Gasteiger partial charge in [-0.25, -0.2) is 12.7 Å². The standard InChI is InChI=1S/C20H31N3O3S/c1-2-27(25,26)23-12-6-9-19(16-23)20(24)21-14-17-7-5-8-18(13-17)15-22-10-3-4-11-22/h5,7-8,13,19H,2-4,6,9-12,14-16H2,1H3,(H,21,24)/t19-/m0/s1. The van der Waals surface area contributed by atoms with Crippen molar-refractivity contribution >= 4 is 15.9 Å². The third-order valence-electron chi connectivity index (χ3n) is 5.58. The van der Waals surface area contributed by atoms with Crippen LogP contribution in [0.5, 0.6) is 0 Å². The van der Waals surface area contributed by atoms with Crippen LogP contribution < -0.4 is 5.32 Å². The van der Waals surface area contributed by atoms with Crippen LogP contribution >= 0.6 is 0 Å². The molecule has 150 valence electrons. The molecule has 0 bridgehead atoms. The maximum atomic E-state index is 12.6. The summed E-state index contributed by atoms with van der Waals surface area (Å²) < 4.78 is 25.6. The molecule has 2 fully saturated rings. The van der Waals surface area contributed by atoms with Crippen molar-refractivity contribution in [3.05, 3.63) is 35.4 Å². The summed E-state index contributed by atoms with van der Waals surface area (Å²) in [5.74, 6) is -0.214. The molecule has 1 atom stereocenters. The van der Waals surface area contributed by atoms with Crippen LogP contribution in [0.3, 0.4) is 0 Å². The van der Waals surface area contributed by atoms with E-state index >= 15 is 0 Å². The highest BCUT2D eigenvalue weighted by Crippen LogP contribution is 2.20. The highest BCUT2D eigenvalue weighted by Gasteiger charge is 2.31. The van der Waals surface area contributed by atoms with E-state index in [2.05, 4.69) is 22.3 Å². The normalized spacial score (nSPS) is 22.0. The molecule has 0 aromatic heterocycles. The molecule has 3 rings (SSSR count). The lowest BCUT2D eigenvalue weighted by atomic mass is 9.98. The third kappa shape index (κ3) is 5.53. The largest absolute Gasteiger partial charge is 0.352 e. The number of piperidine rings is 1. The number of amides is 1. The summed E-state index contributed by atoms with van der Waals surface area (Å²) in [6.07, 6.45) is 4.04. The van der Waals surface area contributed by atoms with Crippen LogP contribution in [-0.4, -0.2) is 55.5 Å². The van der Waals surface area contributed by atoms with Gasteiger partial charge < -0.3 is 5.32 Å². The fraction of sp³-hybridized carbons (Fsp3) is 0.650. The van der Waals surface area contributed by atoms with Gasteiger partial charge in [0.1, 0.15) is 0 Å². The Morgan fingerprint density at radius 1 is 1.15 bits per heavy atom. The molecule has 2 aliphatic rings. The first-order valence-corrected chi connectivity index (χ1v) is 11.6. The third-order valence-corrected chi connectivity index (χ3v) is 7.42. The fourth-order valence-electron chi connectivity index (χ4n) is 3.96. The Morgan fingerprint density at radius 2 is 1.89 bits per heavy atom. The molecule has 27 heavy (non-hydrogen) atoms. The Kier molecular flexibility index (Phi) is 6.89. The molecule has 1 N–H and O–H groups in total. The van der Waals surface area contributed by atoms with E-state index in [1.807, 2.05) is 12.1 Å². The molecular formula is C20H31N3O3S. The van der Waals surface area contributed by atoms with Crippen molar-refractivity contribution in [2.24, 2.45) is 5.92 Å². The minimum atomic E-state index is -3.22. The topological polar surface area (TPSA) is 69.7 Å². The van der Waals surface area contributed by atoms with Gasteiger partial charge in [0, 0.05) is 26.2 Å². The Hall–Kier alpha value is -1.44. The number of carbonyl (C=O) groups excluding carboxylic acids is 1. The second-order valence-electron chi connectivity index (χ2n) is 7.62. The van der Waals surface area contributed by atoms with Gasteiger partial charge in [0.15, 0.2) is 0 Å². The summed E-state index contributed by atoms with van der Waals surface area (Å²) in [4.78, 5) is 15.0. The van der Waals surface area contributed by atoms with Crippen LogP contribution in [-0.2, 0) is 27.9 Å². The molecule has 0 saturated carbocycles. The van der Waals surface area contributed by atoms with Gasteiger partial charge in [-0.1, -0.05) is 24.3 Å². The Balaban J connectivity index is 1.52. The average Bonchev–Trinajstić information content (AvgIpc) is 3.19. The van der Waals surface area contributed by atoms with E-state index in [4.69, 9.17) is 0 Å². The molecule has 0 radical (unpaired) electrons. The van der Waals surface area contributed by atoms with Crippen LogP contribution in [0.2, 0.25) is 0 Å². The lowest BCUT2D eigenvalue weighted by molar-refractivity contribution is -0.126. The van der Waals surface area contributed by atoms with Gasteiger partial charge in [0.25, 0.3) is 0 Å². The molecule has 2 heterocycles. The number of hydrogen-bond donors (Lipinski definition) is 1. The van der Waals surface area contributed by atoms with Crippen molar-refractivity contribution in [2.45, 2.75) is 45.7 Å². The van der Waals surface area contributed by atoms with E-state index in [1.165, 1.54) is 35.8 Å². The van der Waals surface area contributed by atoms with Crippen LogP contribution in [0.25, 0.3) is 0 Å². The second-order valence-corrected chi connectivity index (χ2v) is 9.88. The minimum absolute atomic E-state index is 0.0454. The summed E-state index contributed by atoms with van der Waals surface area (Å²) in [6, 6.07) is 8.37. The zero-order valence-corrected chi connectivity index (χ0v) is 17.0. The monoisotopic (exact) mass is 393 g/mol. The number of nitrogens with one attached hydrogen (secondary N) is 1. The number of rotatable bonds is 7.